The number of amides is 3. The number of carbonyl (C=O) groups is 3. The van der Waals surface area contributed by atoms with Crippen molar-refractivity contribution in [3.63, 3.8) is 0 Å². The van der Waals surface area contributed by atoms with Gasteiger partial charge in [0.15, 0.2) is 9.84 Å². The smallest absolute Gasteiger partial charge is 0.247 e. The fourth-order valence-corrected chi connectivity index (χ4v) is 6.72. The van der Waals surface area contributed by atoms with Gasteiger partial charge in [-0.1, -0.05) is 12.1 Å². The number of hydrogen-bond acceptors (Lipinski definition) is 5. The summed E-state index contributed by atoms with van der Waals surface area (Å²) in [6, 6.07) is 3.88. The Kier molecular flexibility index (Phi) is 4.87. The van der Waals surface area contributed by atoms with Gasteiger partial charge in [-0.3, -0.25) is 14.4 Å². The molecular weight excluding hydrogens is 413 g/mol. The Morgan fingerprint density at radius 3 is 2.53 bits per heavy atom. The number of nitrogens with zero attached hydrogens (tertiary/aromatic N) is 2. The largest absolute Gasteiger partial charge is 0.350 e. The lowest BCUT2D eigenvalue weighted by Gasteiger charge is -2.39. The molecular formula is C20H24FN3O5S. The van der Waals surface area contributed by atoms with Crippen molar-refractivity contribution in [2.45, 2.75) is 61.9 Å². The van der Waals surface area contributed by atoms with E-state index < -0.39 is 37.9 Å². The molecule has 3 aliphatic heterocycles. The van der Waals surface area contributed by atoms with Crippen LogP contribution in [0.1, 0.15) is 38.7 Å². The number of carbonyl (C=O) groups excluding carboxylic acids is 3. The van der Waals surface area contributed by atoms with Crippen molar-refractivity contribution in [2.75, 3.05) is 6.54 Å². The first-order valence-electron chi connectivity index (χ1n) is 9.93. The summed E-state index contributed by atoms with van der Waals surface area (Å²) >= 11 is 0. The van der Waals surface area contributed by atoms with E-state index in [1.54, 1.807) is 12.1 Å². The quantitative estimate of drug-likeness (QED) is 0.694. The van der Waals surface area contributed by atoms with Gasteiger partial charge < -0.3 is 15.1 Å². The van der Waals surface area contributed by atoms with E-state index in [1.807, 2.05) is 0 Å². The van der Waals surface area contributed by atoms with Crippen molar-refractivity contribution < 1.29 is 27.2 Å². The zero-order valence-corrected chi connectivity index (χ0v) is 17.6. The molecule has 0 saturated carbocycles. The summed E-state index contributed by atoms with van der Waals surface area (Å²) < 4.78 is 37.2. The van der Waals surface area contributed by atoms with Gasteiger partial charge in [0.25, 0.3) is 0 Å². The van der Waals surface area contributed by atoms with Crippen molar-refractivity contribution in [1.29, 1.82) is 0 Å². The molecule has 0 radical (unpaired) electrons. The van der Waals surface area contributed by atoms with Crippen LogP contribution in [0, 0.1) is 5.82 Å². The maximum absolute atomic E-state index is 13.4. The van der Waals surface area contributed by atoms with E-state index in [0.29, 0.717) is 19.4 Å². The Labute approximate surface area is 174 Å². The normalized spacial score (nSPS) is 28.8. The summed E-state index contributed by atoms with van der Waals surface area (Å²) in [6.07, 6.45) is 0.965. The topological polar surface area (TPSA) is 104 Å². The number of fused-ring (bicyclic) bond motifs is 1. The molecule has 0 aromatic heterocycles. The van der Waals surface area contributed by atoms with Crippen molar-refractivity contribution >= 4 is 27.6 Å². The van der Waals surface area contributed by atoms with Crippen LogP contribution in [0.3, 0.4) is 0 Å². The van der Waals surface area contributed by atoms with E-state index >= 15 is 0 Å². The maximum atomic E-state index is 13.4. The highest BCUT2D eigenvalue weighted by Crippen LogP contribution is 2.46. The van der Waals surface area contributed by atoms with Gasteiger partial charge in [0, 0.05) is 13.1 Å². The zero-order chi connectivity index (χ0) is 21.8. The molecule has 0 bridgehead atoms. The van der Waals surface area contributed by atoms with Crippen LogP contribution < -0.4 is 5.32 Å². The van der Waals surface area contributed by atoms with Gasteiger partial charge in [0.2, 0.25) is 17.7 Å². The van der Waals surface area contributed by atoms with Crippen LogP contribution in [-0.4, -0.2) is 64.7 Å². The number of benzene rings is 1. The van der Waals surface area contributed by atoms with E-state index in [2.05, 4.69) is 5.32 Å². The van der Waals surface area contributed by atoms with Gasteiger partial charge in [0.05, 0.1) is 11.2 Å². The second kappa shape index (κ2) is 7.04. The molecule has 30 heavy (non-hydrogen) atoms. The third-order valence-corrected chi connectivity index (χ3v) is 9.23. The van der Waals surface area contributed by atoms with Crippen LogP contribution in [0.2, 0.25) is 0 Å². The van der Waals surface area contributed by atoms with Crippen molar-refractivity contribution in [3.8, 4) is 0 Å². The Balaban J connectivity index is 1.50. The second-order valence-corrected chi connectivity index (χ2v) is 11.2. The molecule has 0 spiro atoms. The highest BCUT2D eigenvalue weighted by atomic mass is 32.2. The fourth-order valence-electron chi connectivity index (χ4n) is 4.60. The molecule has 3 atom stereocenters. The highest BCUT2D eigenvalue weighted by molar-refractivity contribution is 7.93. The van der Waals surface area contributed by atoms with Gasteiger partial charge in [-0.05, 0) is 44.4 Å². The third-order valence-electron chi connectivity index (χ3n) is 6.43. The van der Waals surface area contributed by atoms with Gasteiger partial charge in [-0.2, -0.15) is 0 Å². The lowest BCUT2D eigenvalue weighted by Crippen LogP contribution is -2.61. The lowest BCUT2D eigenvalue weighted by molar-refractivity contribution is -0.155. The SMILES string of the molecule is CC1(C)C(C(=O)N2CCCC2C(=O)NCc2ccc(F)cc2)N2C(=O)CC2S1(=O)=O. The first kappa shape index (κ1) is 20.8. The molecule has 3 aliphatic rings. The average Bonchev–Trinajstić information content (AvgIpc) is 3.22. The molecule has 3 unspecified atom stereocenters. The molecule has 3 saturated heterocycles. The number of nitrogens with one attached hydrogen (secondary N) is 1. The number of β-lactam (4-membered cyclic amide) rings is 1. The highest BCUT2D eigenvalue weighted by Gasteiger charge is 2.68. The van der Waals surface area contributed by atoms with Gasteiger partial charge in [-0.15, -0.1) is 0 Å². The number of halogens is 1. The molecule has 4 rings (SSSR count). The standard InChI is InChI=1S/C20H24FN3O5S/c1-20(2)17(24-15(25)10-16(24)30(20,28)29)19(27)23-9-3-4-14(23)18(26)22-11-12-5-7-13(21)8-6-12/h5-8,14,16-17H,3-4,9-11H2,1-2H3,(H,22,26). The predicted octanol–water partition coefficient (Wildman–Crippen LogP) is 0.567. The van der Waals surface area contributed by atoms with Crippen molar-refractivity contribution in [1.82, 2.24) is 15.1 Å². The molecule has 1 N–H and O–H groups in total. The summed E-state index contributed by atoms with van der Waals surface area (Å²) in [5, 5.41) is 1.81. The Morgan fingerprint density at radius 2 is 1.90 bits per heavy atom. The number of rotatable bonds is 4. The van der Waals surface area contributed by atoms with Gasteiger partial charge in [0.1, 0.15) is 23.3 Å². The fraction of sp³-hybridized carbons (Fsp3) is 0.550. The average molecular weight is 437 g/mol. The molecule has 10 heteroatoms. The molecule has 0 aliphatic carbocycles. The molecule has 3 fully saturated rings. The number of sulfone groups is 1. The predicted molar refractivity (Wildman–Crippen MR) is 105 cm³/mol. The summed E-state index contributed by atoms with van der Waals surface area (Å²) in [4.78, 5) is 40.8. The summed E-state index contributed by atoms with van der Waals surface area (Å²) in [5.74, 6) is -1.58. The minimum atomic E-state index is -3.68. The molecule has 3 heterocycles. The van der Waals surface area contributed by atoms with E-state index in [9.17, 15) is 27.2 Å². The van der Waals surface area contributed by atoms with Gasteiger partial charge in [-0.25, -0.2) is 12.8 Å². The minimum Gasteiger partial charge on any atom is -0.350 e. The van der Waals surface area contributed by atoms with Crippen LogP contribution in [0.4, 0.5) is 4.39 Å². The summed E-state index contributed by atoms with van der Waals surface area (Å²) in [5.41, 5.74) is 0.720. The molecule has 1 aromatic carbocycles. The minimum absolute atomic E-state index is 0.100. The molecule has 3 amide bonds. The first-order chi connectivity index (χ1) is 14.1. The lowest BCUT2D eigenvalue weighted by atomic mass is 9.96. The second-order valence-electron chi connectivity index (χ2n) is 8.54. The van der Waals surface area contributed by atoms with E-state index in [0.717, 1.165) is 5.56 Å². The number of likely N-dealkylation sites (tertiary alicyclic amines) is 1. The van der Waals surface area contributed by atoms with E-state index in [-0.39, 0.29) is 30.6 Å². The van der Waals surface area contributed by atoms with Crippen LogP contribution >= 0.6 is 0 Å². The molecule has 1 aromatic rings. The van der Waals surface area contributed by atoms with Crippen LogP contribution in [0.15, 0.2) is 24.3 Å². The van der Waals surface area contributed by atoms with Crippen molar-refractivity contribution in [3.05, 3.63) is 35.6 Å². The maximum Gasteiger partial charge on any atom is 0.247 e. The van der Waals surface area contributed by atoms with Crippen LogP contribution in [-0.2, 0) is 30.8 Å². The monoisotopic (exact) mass is 437 g/mol. The van der Waals surface area contributed by atoms with Gasteiger partial charge >= 0.3 is 0 Å². The molecule has 162 valence electrons. The third kappa shape index (κ3) is 3.00. The summed E-state index contributed by atoms with van der Waals surface area (Å²) in [7, 11) is -3.68. The van der Waals surface area contributed by atoms with Crippen LogP contribution in [0.25, 0.3) is 0 Å². The van der Waals surface area contributed by atoms with E-state index in [1.165, 1.54) is 35.8 Å². The Bertz CT molecular complexity index is 1010. The van der Waals surface area contributed by atoms with Crippen molar-refractivity contribution in [2.24, 2.45) is 0 Å². The first-order valence-corrected chi connectivity index (χ1v) is 11.5. The molecule has 8 nitrogen and oxygen atoms in total. The number of hydrogen-bond donors (Lipinski definition) is 1. The zero-order valence-electron chi connectivity index (χ0n) is 16.8. The summed E-state index contributed by atoms with van der Waals surface area (Å²) in [6.45, 7) is 3.45. The van der Waals surface area contributed by atoms with E-state index in [4.69, 9.17) is 0 Å². The van der Waals surface area contributed by atoms with Crippen LogP contribution in [0.5, 0.6) is 0 Å². The Morgan fingerprint density at radius 1 is 1.23 bits per heavy atom. The Hall–Kier alpha value is -2.49.